The van der Waals surface area contributed by atoms with Crippen LogP contribution in [0.25, 0.3) is 0 Å². The maximum absolute atomic E-state index is 12.1. The van der Waals surface area contributed by atoms with Crippen LogP contribution < -0.4 is 0 Å². The SMILES string of the molecule is CC(=O)OC[C@]12CC=C3[C@@H](CCC4CC(=O)CC[C@]34C)[C@@H]1CC[C@@H]2C(C)OC(C)=O. The first-order chi connectivity index (χ1) is 14.2. The van der Waals surface area contributed by atoms with Gasteiger partial charge in [0.25, 0.3) is 0 Å². The van der Waals surface area contributed by atoms with Crippen LogP contribution in [0.3, 0.4) is 0 Å². The Morgan fingerprint density at radius 1 is 1.17 bits per heavy atom. The van der Waals surface area contributed by atoms with Crippen LogP contribution in [0.2, 0.25) is 0 Å². The molecular weight excluding hydrogens is 380 g/mol. The van der Waals surface area contributed by atoms with Crippen LogP contribution in [0.5, 0.6) is 0 Å². The summed E-state index contributed by atoms with van der Waals surface area (Å²) < 4.78 is 11.3. The third-order valence-electron chi connectivity index (χ3n) is 9.10. The van der Waals surface area contributed by atoms with Gasteiger partial charge in [-0.25, -0.2) is 0 Å². The van der Waals surface area contributed by atoms with Crippen molar-refractivity contribution in [2.75, 3.05) is 6.61 Å². The van der Waals surface area contributed by atoms with Gasteiger partial charge in [0.1, 0.15) is 11.9 Å². The second-order valence-corrected chi connectivity index (χ2v) is 10.5. The van der Waals surface area contributed by atoms with Crippen molar-refractivity contribution in [3.05, 3.63) is 11.6 Å². The number of ketones is 1. The summed E-state index contributed by atoms with van der Waals surface area (Å²) in [5.74, 6) is 1.52. The van der Waals surface area contributed by atoms with Gasteiger partial charge in [-0.15, -0.1) is 0 Å². The molecule has 4 aliphatic rings. The third-order valence-corrected chi connectivity index (χ3v) is 9.10. The number of allylic oxidation sites excluding steroid dienone is 2. The van der Waals surface area contributed by atoms with Crippen molar-refractivity contribution in [2.24, 2.45) is 34.5 Å². The Kier molecular flexibility index (Phi) is 5.61. The summed E-state index contributed by atoms with van der Waals surface area (Å²) >= 11 is 0. The molecule has 166 valence electrons. The number of carbonyl (C=O) groups excluding carboxylic acids is 3. The average molecular weight is 417 g/mol. The lowest BCUT2D eigenvalue weighted by Gasteiger charge is -2.56. The van der Waals surface area contributed by atoms with E-state index in [-0.39, 0.29) is 34.8 Å². The topological polar surface area (TPSA) is 69.7 Å². The Bertz CT molecular complexity index is 770. The van der Waals surface area contributed by atoms with E-state index in [1.54, 1.807) is 5.57 Å². The number of carbonyl (C=O) groups is 3. The minimum absolute atomic E-state index is 0.129. The molecule has 4 aliphatic carbocycles. The lowest BCUT2D eigenvalue weighted by atomic mass is 9.48. The Morgan fingerprint density at radius 2 is 1.93 bits per heavy atom. The standard InChI is InChI=1S/C25H36O5/c1-15(30-17(3)27)21-7-8-23-20-6-5-18-13-19(28)9-11-24(18,4)22(20)10-12-25(21,23)14-29-16(2)26/h10,15,18,20-21,23H,5-9,11-14H2,1-4H3/t15?,18?,20-,21-,23+,24+,25+/m1/s1. The normalized spacial score (nSPS) is 41.1. The smallest absolute Gasteiger partial charge is 0.302 e. The summed E-state index contributed by atoms with van der Waals surface area (Å²) in [6.45, 7) is 7.72. The molecule has 0 amide bonds. The van der Waals surface area contributed by atoms with Crippen LogP contribution in [0.1, 0.15) is 79.1 Å². The lowest BCUT2D eigenvalue weighted by Crippen LogP contribution is -2.51. The highest BCUT2D eigenvalue weighted by atomic mass is 16.5. The Morgan fingerprint density at radius 3 is 2.63 bits per heavy atom. The Balaban J connectivity index is 1.68. The van der Waals surface area contributed by atoms with Crippen molar-refractivity contribution >= 4 is 17.7 Å². The van der Waals surface area contributed by atoms with Crippen molar-refractivity contribution in [2.45, 2.75) is 85.2 Å². The number of fused-ring (bicyclic) bond motifs is 5. The van der Waals surface area contributed by atoms with Crippen LogP contribution in [0, 0.1) is 34.5 Å². The van der Waals surface area contributed by atoms with E-state index in [1.165, 1.54) is 13.8 Å². The van der Waals surface area contributed by atoms with E-state index >= 15 is 0 Å². The molecule has 3 saturated carbocycles. The molecule has 0 saturated heterocycles. The highest BCUT2D eigenvalue weighted by Crippen LogP contribution is 2.66. The van der Waals surface area contributed by atoms with Crippen LogP contribution >= 0.6 is 0 Å². The van der Waals surface area contributed by atoms with E-state index in [4.69, 9.17) is 9.47 Å². The van der Waals surface area contributed by atoms with E-state index in [0.29, 0.717) is 36.6 Å². The van der Waals surface area contributed by atoms with Gasteiger partial charge in [-0.1, -0.05) is 18.6 Å². The van der Waals surface area contributed by atoms with Crippen molar-refractivity contribution in [3.8, 4) is 0 Å². The van der Waals surface area contributed by atoms with Crippen molar-refractivity contribution in [1.29, 1.82) is 0 Å². The van der Waals surface area contributed by atoms with E-state index in [2.05, 4.69) is 13.0 Å². The van der Waals surface area contributed by atoms with Gasteiger partial charge in [0.05, 0.1) is 6.61 Å². The average Bonchev–Trinajstić information content (AvgIpc) is 3.06. The van der Waals surface area contributed by atoms with Gasteiger partial charge in [-0.2, -0.15) is 0 Å². The fourth-order valence-corrected chi connectivity index (χ4v) is 7.74. The molecule has 0 spiro atoms. The third kappa shape index (κ3) is 3.42. The molecule has 5 nitrogen and oxygen atoms in total. The molecule has 0 aromatic rings. The first kappa shape index (κ1) is 21.6. The molecule has 5 heteroatoms. The highest BCUT2D eigenvalue weighted by Gasteiger charge is 2.60. The predicted molar refractivity (Wildman–Crippen MR) is 112 cm³/mol. The van der Waals surface area contributed by atoms with Crippen molar-refractivity contribution in [3.63, 3.8) is 0 Å². The van der Waals surface area contributed by atoms with Gasteiger partial charge in [0.15, 0.2) is 0 Å². The van der Waals surface area contributed by atoms with Gasteiger partial charge in [0, 0.05) is 38.0 Å². The summed E-state index contributed by atoms with van der Waals surface area (Å²) in [5.41, 5.74) is 1.53. The number of ether oxygens (including phenoxy) is 2. The first-order valence-corrected chi connectivity index (χ1v) is 11.7. The molecular formula is C25H36O5. The summed E-state index contributed by atoms with van der Waals surface area (Å²) in [5, 5.41) is 0. The number of Topliss-reactive ketones (excluding diaryl/α,β-unsaturated/α-hetero) is 1. The molecule has 0 heterocycles. The van der Waals surface area contributed by atoms with Gasteiger partial charge in [-0.3, -0.25) is 14.4 Å². The fourth-order valence-electron chi connectivity index (χ4n) is 7.74. The molecule has 0 aromatic heterocycles. The number of esters is 2. The zero-order chi connectivity index (χ0) is 21.7. The maximum atomic E-state index is 12.1. The van der Waals surface area contributed by atoms with Crippen molar-refractivity contribution in [1.82, 2.24) is 0 Å². The van der Waals surface area contributed by atoms with Gasteiger partial charge in [0.2, 0.25) is 0 Å². The summed E-state index contributed by atoms with van der Waals surface area (Å²) in [7, 11) is 0. The lowest BCUT2D eigenvalue weighted by molar-refractivity contribution is -0.159. The Labute approximate surface area is 179 Å². The van der Waals surface area contributed by atoms with E-state index in [0.717, 1.165) is 44.9 Å². The first-order valence-electron chi connectivity index (χ1n) is 11.7. The summed E-state index contributed by atoms with van der Waals surface area (Å²) in [4.78, 5) is 35.5. The maximum Gasteiger partial charge on any atom is 0.302 e. The van der Waals surface area contributed by atoms with E-state index < -0.39 is 0 Å². The molecule has 7 atom stereocenters. The van der Waals surface area contributed by atoms with Crippen molar-refractivity contribution < 1.29 is 23.9 Å². The van der Waals surface area contributed by atoms with Crippen LogP contribution in [0.4, 0.5) is 0 Å². The van der Waals surface area contributed by atoms with E-state index in [9.17, 15) is 14.4 Å². The van der Waals surface area contributed by atoms with Crippen LogP contribution in [0.15, 0.2) is 11.6 Å². The number of hydrogen-bond donors (Lipinski definition) is 0. The summed E-state index contributed by atoms with van der Waals surface area (Å²) in [6, 6.07) is 0. The number of hydrogen-bond acceptors (Lipinski definition) is 5. The summed E-state index contributed by atoms with van der Waals surface area (Å²) in [6.07, 6.45) is 9.81. The monoisotopic (exact) mass is 416 g/mol. The molecule has 3 fully saturated rings. The minimum Gasteiger partial charge on any atom is -0.465 e. The van der Waals surface area contributed by atoms with E-state index in [1.807, 2.05) is 6.92 Å². The molecule has 0 aromatic carbocycles. The Hall–Kier alpha value is -1.65. The fraction of sp³-hybridized carbons (Fsp3) is 0.800. The zero-order valence-electron chi connectivity index (χ0n) is 18.9. The highest BCUT2D eigenvalue weighted by molar-refractivity contribution is 5.80. The van der Waals surface area contributed by atoms with Crippen LogP contribution in [-0.4, -0.2) is 30.4 Å². The molecule has 30 heavy (non-hydrogen) atoms. The van der Waals surface area contributed by atoms with Gasteiger partial charge < -0.3 is 9.47 Å². The van der Waals surface area contributed by atoms with Crippen LogP contribution in [-0.2, 0) is 23.9 Å². The quantitative estimate of drug-likeness (QED) is 0.494. The molecule has 0 N–H and O–H groups in total. The molecule has 2 unspecified atom stereocenters. The second kappa shape index (κ2) is 7.80. The zero-order valence-corrected chi connectivity index (χ0v) is 18.9. The minimum atomic E-state index is -0.250. The van der Waals surface area contributed by atoms with Gasteiger partial charge in [-0.05, 0) is 68.6 Å². The largest absolute Gasteiger partial charge is 0.465 e. The molecule has 0 bridgehead atoms. The number of rotatable bonds is 4. The molecule has 4 rings (SSSR count). The molecule has 0 radical (unpaired) electrons. The predicted octanol–water partition coefficient (Wildman–Crippen LogP) is 4.63. The van der Waals surface area contributed by atoms with Gasteiger partial charge >= 0.3 is 11.9 Å². The molecule has 0 aliphatic heterocycles. The second-order valence-electron chi connectivity index (χ2n) is 10.5.